The van der Waals surface area contributed by atoms with Crippen LogP contribution in [0.1, 0.15) is 26.3 Å². The van der Waals surface area contributed by atoms with Gasteiger partial charge >= 0.3 is 18.0 Å². The lowest BCUT2D eigenvalue weighted by atomic mass is 10.0. The number of amides is 1. The number of aliphatic carboxylic acids is 1. The summed E-state index contributed by atoms with van der Waals surface area (Å²) in [6.45, 7) is 4.90. The number of hydrogen-bond acceptors (Lipinski definition) is 6. The molecule has 1 rings (SSSR count). The third-order valence-electron chi connectivity index (χ3n) is 3.10. The fraction of sp³-hybridized carbons (Fsp3) is 0.421. The highest BCUT2D eigenvalue weighted by molar-refractivity contribution is 5.86. The van der Waals surface area contributed by atoms with Crippen LogP contribution in [0, 0.1) is 17.8 Å². The van der Waals surface area contributed by atoms with Crippen LogP contribution in [-0.2, 0) is 25.7 Å². The number of carbonyl (C=O) groups excluding carboxylic acids is 2. The average molecular weight is 376 g/mol. The van der Waals surface area contributed by atoms with Crippen molar-refractivity contribution in [1.82, 2.24) is 5.32 Å². The average Bonchev–Trinajstić information content (AvgIpc) is 2.58. The van der Waals surface area contributed by atoms with E-state index in [1.807, 2.05) is 30.3 Å². The van der Waals surface area contributed by atoms with Crippen molar-refractivity contribution in [2.24, 2.45) is 11.7 Å². The largest absolute Gasteiger partial charge is 0.480 e. The van der Waals surface area contributed by atoms with Gasteiger partial charge in [-0.2, -0.15) is 0 Å². The Morgan fingerprint density at radius 3 is 2.41 bits per heavy atom. The van der Waals surface area contributed by atoms with E-state index >= 15 is 0 Å². The molecule has 0 aliphatic carbocycles. The second-order valence-corrected chi connectivity index (χ2v) is 6.61. The molecular formula is C19H24N2O6. The molecule has 27 heavy (non-hydrogen) atoms. The summed E-state index contributed by atoms with van der Waals surface area (Å²) in [4.78, 5) is 34.8. The van der Waals surface area contributed by atoms with Crippen LogP contribution in [0.25, 0.3) is 0 Å². The molecule has 8 heteroatoms. The maximum absolute atomic E-state index is 12.1. The molecule has 1 aromatic carbocycles. The molecule has 1 aromatic rings. The van der Waals surface area contributed by atoms with E-state index in [1.165, 1.54) is 0 Å². The molecule has 0 bridgehead atoms. The maximum Gasteiger partial charge on any atom is 0.408 e. The second-order valence-electron chi connectivity index (χ2n) is 6.61. The van der Waals surface area contributed by atoms with Gasteiger partial charge in [-0.25, -0.2) is 4.79 Å². The summed E-state index contributed by atoms with van der Waals surface area (Å²) in [7, 11) is 0. The van der Waals surface area contributed by atoms with Gasteiger partial charge in [0.2, 0.25) is 0 Å². The van der Waals surface area contributed by atoms with Gasteiger partial charge in [0.05, 0.1) is 6.54 Å². The SMILES string of the molecule is CC(C)(C)OC(=O)C(C#CCNC(=O)OCc1ccccc1)C(N)C(=O)O. The lowest BCUT2D eigenvalue weighted by Crippen LogP contribution is -2.43. The van der Waals surface area contributed by atoms with Gasteiger partial charge in [0.25, 0.3) is 0 Å². The summed E-state index contributed by atoms with van der Waals surface area (Å²) >= 11 is 0. The van der Waals surface area contributed by atoms with Gasteiger partial charge in [-0.05, 0) is 26.3 Å². The van der Waals surface area contributed by atoms with Gasteiger partial charge in [0.1, 0.15) is 24.2 Å². The van der Waals surface area contributed by atoms with Crippen LogP contribution in [0.4, 0.5) is 4.79 Å². The fourth-order valence-electron chi connectivity index (χ4n) is 1.85. The van der Waals surface area contributed by atoms with E-state index < -0.39 is 35.6 Å². The number of carboxylic acid groups (broad SMARTS) is 1. The molecule has 0 saturated heterocycles. The van der Waals surface area contributed by atoms with E-state index in [-0.39, 0.29) is 13.2 Å². The third-order valence-corrected chi connectivity index (χ3v) is 3.10. The van der Waals surface area contributed by atoms with Gasteiger partial charge in [-0.3, -0.25) is 9.59 Å². The first-order valence-electron chi connectivity index (χ1n) is 8.24. The number of hydrogen-bond donors (Lipinski definition) is 3. The number of alkyl carbamates (subject to hydrolysis) is 1. The molecule has 0 heterocycles. The Labute approximate surface area is 158 Å². The molecule has 2 unspecified atom stereocenters. The predicted octanol–water partition coefficient (Wildman–Crippen LogP) is 1.29. The molecule has 0 aliphatic heterocycles. The quantitative estimate of drug-likeness (QED) is 0.504. The molecule has 2 atom stereocenters. The molecule has 0 aromatic heterocycles. The Bertz CT molecular complexity index is 715. The highest BCUT2D eigenvalue weighted by atomic mass is 16.6. The third kappa shape index (κ3) is 8.74. The van der Waals surface area contributed by atoms with E-state index in [0.717, 1.165) is 5.56 Å². The van der Waals surface area contributed by atoms with Gasteiger partial charge in [-0.1, -0.05) is 42.2 Å². The first kappa shape index (κ1) is 22.0. The van der Waals surface area contributed by atoms with Crippen molar-refractivity contribution in [1.29, 1.82) is 0 Å². The second kappa shape index (κ2) is 10.2. The Balaban J connectivity index is 2.58. The lowest BCUT2D eigenvalue weighted by molar-refractivity contribution is -0.161. The van der Waals surface area contributed by atoms with Crippen molar-refractivity contribution in [2.45, 2.75) is 39.0 Å². The van der Waals surface area contributed by atoms with Crippen molar-refractivity contribution in [3.63, 3.8) is 0 Å². The van der Waals surface area contributed by atoms with Crippen LogP contribution >= 0.6 is 0 Å². The molecule has 4 N–H and O–H groups in total. The fourth-order valence-corrected chi connectivity index (χ4v) is 1.85. The smallest absolute Gasteiger partial charge is 0.408 e. The van der Waals surface area contributed by atoms with Crippen LogP contribution < -0.4 is 11.1 Å². The van der Waals surface area contributed by atoms with Crippen LogP contribution in [0.2, 0.25) is 0 Å². The van der Waals surface area contributed by atoms with E-state index in [1.54, 1.807) is 20.8 Å². The van der Waals surface area contributed by atoms with Crippen molar-refractivity contribution < 1.29 is 29.0 Å². The minimum Gasteiger partial charge on any atom is -0.480 e. The molecule has 0 aliphatic rings. The zero-order valence-electron chi connectivity index (χ0n) is 15.5. The van der Waals surface area contributed by atoms with Crippen LogP contribution in [0.5, 0.6) is 0 Å². The molecule has 8 nitrogen and oxygen atoms in total. The molecular weight excluding hydrogens is 352 g/mol. The summed E-state index contributed by atoms with van der Waals surface area (Å²) in [6.07, 6.45) is -0.690. The molecule has 0 fully saturated rings. The monoisotopic (exact) mass is 376 g/mol. The minimum absolute atomic E-state index is 0.102. The summed E-state index contributed by atoms with van der Waals surface area (Å²) in [5, 5.41) is 11.4. The molecule has 1 amide bonds. The van der Waals surface area contributed by atoms with E-state index in [4.69, 9.17) is 20.3 Å². The number of carboxylic acids is 1. The summed E-state index contributed by atoms with van der Waals surface area (Å²) in [6, 6.07) is 7.58. The Morgan fingerprint density at radius 2 is 1.85 bits per heavy atom. The molecule has 0 saturated carbocycles. The van der Waals surface area contributed by atoms with Crippen LogP contribution in [0.3, 0.4) is 0 Å². The number of nitrogens with two attached hydrogens (primary N) is 1. The summed E-state index contributed by atoms with van der Waals surface area (Å²) in [5.41, 5.74) is 5.54. The minimum atomic E-state index is -1.54. The van der Waals surface area contributed by atoms with Crippen LogP contribution in [0.15, 0.2) is 30.3 Å². The number of ether oxygens (including phenoxy) is 2. The van der Waals surface area contributed by atoms with E-state index in [9.17, 15) is 14.4 Å². The lowest BCUT2D eigenvalue weighted by Gasteiger charge is -2.23. The van der Waals surface area contributed by atoms with Gasteiger partial charge in [-0.15, -0.1) is 0 Å². The summed E-state index contributed by atoms with van der Waals surface area (Å²) < 4.78 is 10.1. The number of benzene rings is 1. The van der Waals surface area contributed by atoms with Gasteiger partial charge < -0.3 is 25.6 Å². The number of rotatable bonds is 6. The topological polar surface area (TPSA) is 128 Å². The molecule has 146 valence electrons. The van der Waals surface area contributed by atoms with Gasteiger partial charge in [0, 0.05) is 0 Å². The Morgan fingerprint density at radius 1 is 1.22 bits per heavy atom. The highest BCUT2D eigenvalue weighted by Crippen LogP contribution is 2.13. The van der Waals surface area contributed by atoms with E-state index in [0.29, 0.717) is 0 Å². The van der Waals surface area contributed by atoms with Gasteiger partial charge in [0.15, 0.2) is 0 Å². The highest BCUT2D eigenvalue weighted by Gasteiger charge is 2.33. The first-order valence-corrected chi connectivity index (χ1v) is 8.24. The number of carbonyl (C=O) groups is 3. The number of nitrogens with one attached hydrogen (secondary N) is 1. The predicted molar refractivity (Wildman–Crippen MR) is 97.4 cm³/mol. The van der Waals surface area contributed by atoms with Crippen molar-refractivity contribution in [3.05, 3.63) is 35.9 Å². The van der Waals surface area contributed by atoms with Crippen molar-refractivity contribution in [2.75, 3.05) is 6.54 Å². The number of esters is 1. The van der Waals surface area contributed by atoms with E-state index in [2.05, 4.69) is 17.2 Å². The van der Waals surface area contributed by atoms with Crippen LogP contribution in [-0.4, -0.2) is 41.3 Å². The zero-order valence-corrected chi connectivity index (χ0v) is 15.5. The summed E-state index contributed by atoms with van der Waals surface area (Å²) in [5.74, 6) is 1.39. The van der Waals surface area contributed by atoms with Crippen molar-refractivity contribution in [3.8, 4) is 11.8 Å². The maximum atomic E-state index is 12.1. The molecule has 0 spiro atoms. The normalized spacial score (nSPS) is 12.7. The standard InChI is InChI=1S/C19H24N2O6/c1-19(2,3)27-17(24)14(15(20)16(22)23)10-7-11-21-18(25)26-12-13-8-5-4-6-9-13/h4-6,8-9,14-15H,11-12,20H2,1-3H3,(H,21,25)(H,22,23). The van der Waals surface area contributed by atoms with Crippen molar-refractivity contribution >= 4 is 18.0 Å². The zero-order chi connectivity index (χ0) is 20.4. The first-order chi connectivity index (χ1) is 12.6. The Hall–Kier alpha value is -3.05. The Kier molecular flexibility index (Phi) is 8.30. The molecule has 0 radical (unpaired) electrons.